The first-order chi connectivity index (χ1) is 8.85. The van der Waals surface area contributed by atoms with Gasteiger partial charge in [-0.15, -0.1) is 23.2 Å². The third-order valence-corrected chi connectivity index (χ3v) is 5.53. The van der Waals surface area contributed by atoms with Crippen molar-refractivity contribution < 1.29 is 0 Å². The molecule has 1 aromatic heterocycles. The van der Waals surface area contributed by atoms with Gasteiger partial charge in [-0.1, -0.05) is 6.92 Å². The van der Waals surface area contributed by atoms with Gasteiger partial charge in [0, 0.05) is 28.0 Å². The van der Waals surface area contributed by atoms with Crippen molar-refractivity contribution in [3.8, 4) is 11.8 Å². The minimum atomic E-state index is 0.497. The molecule has 0 spiro atoms. The molecule has 0 bridgehead atoms. The van der Waals surface area contributed by atoms with Crippen LogP contribution in [0, 0.1) is 11.8 Å². The molecule has 0 aliphatic carbocycles. The normalized spacial score (nSPS) is 15.7. The summed E-state index contributed by atoms with van der Waals surface area (Å²) in [6.45, 7) is 5.13. The molecule has 0 aromatic carbocycles. The summed E-state index contributed by atoms with van der Waals surface area (Å²) in [5.41, 5.74) is 1.58. The summed E-state index contributed by atoms with van der Waals surface area (Å²) < 4.78 is 0. The summed E-state index contributed by atoms with van der Waals surface area (Å²) in [7, 11) is 0. The van der Waals surface area contributed by atoms with Crippen molar-refractivity contribution in [2.75, 3.05) is 12.3 Å². The van der Waals surface area contributed by atoms with Gasteiger partial charge in [0.25, 0.3) is 0 Å². The predicted molar refractivity (Wildman–Crippen MR) is 83.3 cm³/mol. The van der Waals surface area contributed by atoms with Gasteiger partial charge in [0.1, 0.15) is 0 Å². The topological polar surface area (TPSA) is 12.0 Å². The Morgan fingerprint density at radius 3 is 3.11 bits per heavy atom. The third-order valence-electron chi connectivity index (χ3n) is 3.18. The van der Waals surface area contributed by atoms with Crippen molar-refractivity contribution in [3.05, 3.63) is 21.4 Å². The van der Waals surface area contributed by atoms with Crippen molar-refractivity contribution in [3.63, 3.8) is 0 Å². The monoisotopic (exact) mass is 279 g/mol. The molecule has 98 valence electrons. The molecule has 3 heteroatoms. The van der Waals surface area contributed by atoms with Crippen LogP contribution in [-0.2, 0) is 12.2 Å². The molecule has 18 heavy (non-hydrogen) atoms. The highest BCUT2D eigenvalue weighted by atomic mass is 32.2. The van der Waals surface area contributed by atoms with Crippen molar-refractivity contribution in [2.24, 2.45) is 0 Å². The summed E-state index contributed by atoms with van der Waals surface area (Å²) in [6.07, 6.45) is 3.38. The molecule has 1 nitrogen and oxygen atoms in total. The van der Waals surface area contributed by atoms with Crippen LogP contribution in [0.1, 0.15) is 48.0 Å². The molecule has 1 N–H and O–H groups in total. The second kappa shape index (κ2) is 7.23. The van der Waals surface area contributed by atoms with E-state index in [1.54, 1.807) is 10.4 Å². The van der Waals surface area contributed by atoms with Crippen LogP contribution in [0.25, 0.3) is 0 Å². The molecule has 1 unspecified atom stereocenters. The molecule has 1 aromatic rings. The minimum Gasteiger partial charge on any atom is -0.309 e. The summed E-state index contributed by atoms with van der Waals surface area (Å²) >= 11 is 4.08. The average Bonchev–Trinajstić information content (AvgIpc) is 2.81. The van der Waals surface area contributed by atoms with E-state index in [1.165, 1.54) is 22.8 Å². The number of hydrogen-bond donors (Lipinski definition) is 1. The maximum absolute atomic E-state index is 3.60. The zero-order chi connectivity index (χ0) is 12.8. The molecule has 0 saturated carbocycles. The first-order valence-corrected chi connectivity index (χ1v) is 8.64. The number of nitrogens with one attached hydrogen (secondary N) is 1. The fourth-order valence-electron chi connectivity index (χ4n) is 2.27. The molecular formula is C15H21NS2. The second-order valence-corrected chi connectivity index (χ2v) is 6.75. The number of aryl methyl sites for hydroxylation is 1. The van der Waals surface area contributed by atoms with E-state index < -0.39 is 0 Å². The Kier molecular flexibility index (Phi) is 5.62. The average molecular weight is 279 g/mol. The highest BCUT2D eigenvalue weighted by Gasteiger charge is 2.18. The lowest BCUT2D eigenvalue weighted by atomic mass is 10.1. The highest BCUT2D eigenvalue weighted by molar-refractivity contribution is 7.98. The first kappa shape index (κ1) is 14.0. The fraction of sp³-hybridized carbons (Fsp3) is 0.600. The van der Waals surface area contributed by atoms with E-state index in [9.17, 15) is 0 Å². The molecular weight excluding hydrogens is 258 g/mol. The van der Waals surface area contributed by atoms with Gasteiger partial charge in [0.05, 0.1) is 0 Å². The van der Waals surface area contributed by atoms with Gasteiger partial charge in [-0.2, -0.15) is 11.8 Å². The Hall–Kier alpha value is -0.430. The van der Waals surface area contributed by atoms with Crippen LogP contribution in [0.15, 0.2) is 6.07 Å². The second-order valence-electron chi connectivity index (χ2n) is 4.48. The Morgan fingerprint density at radius 2 is 2.39 bits per heavy atom. The first-order valence-electron chi connectivity index (χ1n) is 6.67. The van der Waals surface area contributed by atoms with Crippen LogP contribution >= 0.6 is 23.1 Å². The largest absolute Gasteiger partial charge is 0.309 e. The Morgan fingerprint density at radius 1 is 1.50 bits per heavy atom. The zero-order valence-corrected chi connectivity index (χ0v) is 12.8. The van der Waals surface area contributed by atoms with E-state index in [0.717, 1.165) is 19.4 Å². The van der Waals surface area contributed by atoms with Crippen LogP contribution in [0.3, 0.4) is 0 Å². The van der Waals surface area contributed by atoms with Gasteiger partial charge in [-0.3, -0.25) is 0 Å². The van der Waals surface area contributed by atoms with Crippen molar-refractivity contribution >= 4 is 23.1 Å². The lowest BCUT2D eigenvalue weighted by molar-refractivity contribution is 0.530. The van der Waals surface area contributed by atoms with E-state index in [4.69, 9.17) is 0 Å². The number of thiophene rings is 1. The van der Waals surface area contributed by atoms with E-state index in [-0.39, 0.29) is 0 Å². The van der Waals surface area contributed by atoms with Crippen molar-refractivity contribution in [1.82, 2.24) is 5.32 Å². The third kappa shape index (κ3) is 3.54. The molecule has 0 radical (unpaired) electrons. The molecule has 2 heterocycles. The van der Waals surface area contributed by atoms with E-state index in [1.807, 2.05) is 18.3 Å². The number of fused-ring (bicyclic) bond motifs is 1. The van der Waals surface area contributed by atoms with Gasteiger partial charge < -0.3 is 5.32 Å². The molecule has 0 amide bonds. The highest BCUT2D eigenvalue weighted by Crippen LogP contribution is 2.35. The Labute approximate surface area is 119 Å². The number of hydrogen-bond acceptors (Lipinski definition) is 3. The molecule has 0 saturated heterocycles. The van der Waals surface area contributed by atoms with Gasteiger partial charge in [0.2, 0.25) is 0 Å². The smallest absolute Gasteiger partial charge is 0.0424 e. The molecule has 1 atom stereocenters. The quantitative estimate of drug-likeness (QED) is 0.818. The summed E-state index contributed by atoms with van der Waals surface area (Å²) in [4.78, 5) is 3.13. The molecule has 1 aliphatic heterocycles. The van der Waals surface area contributed by atoms with Crippen molar-refractivity contribution in [1.29, 1.82) is 0 Å². The predicted octanol–water partition coefficient (Wildman–Crippen LogP) is 3.99. The van der Waals surface area contributed by atoms with Crippen LogP contribution in [-0.4, -0.2) is 12.3 Å². The SMILES string of the molecule is CC#CCCC(NCC)c1cc2c(s1)CCSC2. The lowest BCUT2D eigenvalue weighted by Gasteiger charge is -2.14. The van der Waals surface area contributed by atoms with Gasteiger partial charge in [-0.25, -0.2) is 0 Å². The van der Waals surface area contributed by atoms with Crippen LogP contribution < -0.4 is 5.32 Å². The zero-order valence-electron chi connectivity index (χ0n) is 11.2. The van der Waals surface area contributed by atoms with E-state index >= 15 is 0 Å². The summed E-state index contributed by atoms with van der Waals surface area (Å²) in [5, 5.41) is 3.60. The molecule has 1 aliphatic rings. The van der Waals surface area contributed by atoms with Crippen LogP contribution in [0.4, 0.5) is 0 Å². The van der Waals surface area contributed by atoms with Gasteiger partial charge in [-0.05, 0) is 43.7 Å². The Bertz CT molecular complexity index is 416. The van der Waals surface area contributed by atoms with Gasteiger partial charge >= 0.3 is 0 Å². The minimum absolute atomic E-state index is 0.497. The van der Waals surface area contributed by atoms with Crippen molar-refractivity contribution in [2.45, 2.75) is 44.9 Å². The summed E-state index contributed by atoms with van der Waals surface area (Å²) in [5.74, 6) is 8.67. The molecule has 0 fully saturated rings. The van der Waals surface area contributed by atoms with Crippen LogP contribution in [0.2, 0.25) is 0 Å². The van der Waals surface area contributed by atoms with Gasteiger partial charge in [0.15, 0.2) is 0 Å². The number of thioether (sulfide) groups is 1. The molecule has 2 rings (SSSR count). The maximum atomic E-state index is 3.60. The standard InChI is InChI=1S/C15H21NS2/c1-3-5-6-7-13(16-4-2)15-10-12-11-17-9-8-14(12)18-15/h10,13,16H,4,6-9,11H2,1-2H3. The Balaban J connectivity index is 2.08. The fourth-order valence-corrected chi connectivity index (χ4v) is 4.76. The number of rotatable bonds is 5. The maximum Gasteiger partial charge on any atom is 0.0424 e. The summed E-state index contributed by atoms with van der Waals surface area (Å²) in [6, 6.07) is 2.93. The van der Waals surface area contributed by atoms with E-state index in [2.05, 4.69) is 41.9 Å². The van der Waals surface area contributed by atoms with Crippen LogP contribution in [0.5, 0.6) is 0 Å². The lowest BCUT2D eigenvalue weighted by Crippen LogP contribution is -2.19. The van der Waals surface area contributed by atoms with E-state index in [0.29, 0.717) is 6.04 Å².